The Kier molecular flexibility index (Phi) is 3.70. The van der Waals surface area contributed by atoms with Crippen LogP contribution in [0.2, 0.25) is 0 Å². The molecule has 2 aromatic carbocycles. The third kappa shape index (κ3) is 2.99. The summed E-state index contributed by atoms with van der Waals surface area (Å²) in [6, 6.07) is 15.1. The summed E-state index contributed by atoms with van der Waals surface area (Å²) < 4.78 is 0. The molecule has 0 radical (unpaired) electrons. The highest BCUT2D eigenvalue weighted by molar-refractivity contribution is 5.86. The molecule has 2 aromatic rings. The highest BCUT2D eigenvalue weighted by Crippen LogP contribution is 2.20. The number of carbonyl (C=O) groups is 1. The van der Waals surface area contributed by atoms with Gasteiger partial charge in [-0.05, 0) is 29.2 Å². The molecule has 3 heteroatoms. The Hall–Kier alpha value is -1.87. The van der Waals surface area contributed by atoms with Gasteiger partial charge in [0.25, 0.3) is 0 Å². The second-order valence-electron chi connectivity index (χ2n) is 5.54. The van der Waals surface area contributed by atoms with Gasteiger partial charge in [-0.2, -0.15) is 0 Å². The van der Waals surface area contributed by atoms with Crippen LogP contribution in [-0.4, -0.2) is 30.4 Å². The topological polar surface area (TPSA) is 32.3 Å². The highest BCUT2D eigenvalue weighted by Gasteiger charge is 2.22. The first-order valence-electron chi connectivity index (χ1n) is 7.18. The lowest BCUT2D eigenvalue weighted by atomic mass is 10.0. The normalized spacial score (nSPS) is 14.4. The molecule has 20 heavy (non-hydrogen) atoms. The summed E-state index contributed by atoms with van der Waals surface area (Å²) in [5.74, 6) is 0.157. The molecule has 3 rings (SSSR count). The molecule has 0 unspecified atom stereocenters. The number of amides is 1. The van der Waals surface area contributed by atoms with Crippen molar-refractivity contribution in [2.75, 3.05) is 13.6 Å². The first kappa shape index (κ1) is 13.1. The van der Waals surface area contributed by atoms with Crippen molar-refractivity contribution >= 4 is 16.7 Å². The fourth-order valence-electron chi connectivity index (χ4n) is 2.43. The van der Waals surface area contributed by atoms with E-state index in [2.05, 4.69) is 35.6 Å². The molecule has 0 heterocycles. The molecule has 1 fully saturated rings. The molecule has 0 atom stereocenters. The average molecular weight is 268 g/mol. The summed E-state index contributed by atoms with van der Waals surface area (Å²) in [5, 5.41) is 5.72. The Morgan fingerprint density at radius 2 is 1.95 bits per heavy atom. The summed E-state index contributed by atoms with van der Waals surface area (Å²) in [7, 11) is 1.87. The van der Waals surface area contributed by atoms with E-state index < -0.39 is 0 Å². The molecule has 0 aliphatic heterocycles. The Morgan fingerprint density at radius 1 is 1.20 bits per heavy atom. The molecule has 104 valence electrons. The van der Waals surface area contributed by atoms with Crippen molar-refractivity contribution in [3.05, 3.63) is 48.0 Å². The number of nitrogens with one attached hydrogen (secondary N) is 1. The van der Waals surface area contributed by atoms with Gasteiger partial charge in [-0.3, -0.25) is 4.79 Å². The molecule has 0 aromatic heterocycles. The van der Waals surface area contributed by atoms with E-state index in [-0.39, 0.29) is 5.91 Å². The Bertz CT molecular complexity index is 614. The van der Waals surface area contributed by atoms with Crippen molar-refractivity contribution in [1.82, 2.24) is 10.2 Å². The van der Waals surface area contributed by atoms with E-state index in [0.717, 1.165) is 0 Å². The lowest BCUT2D eigenvalue weighted by molar-refractivity contribution is -0.129. The molecule has 0 bridgehead atoms. The van der Waals surface area contributed by atoms with E-state index in [1.165, 1.54) is 29.2 Å². The van der Waals surface area contributed by atoms with Gasteiger partial charge < -0.3 is 10.2 Å². The van der Waals surface area contributed by atoms with Crippen LogP contribution >= 0.6 is 0 Å². The Labute approximate surface area is 119 Å². The first-order valence-corrected chi connectivity index (χ1v) is 7.18. The van der Waals surface area contributed by atoms with Crippen molar-refractivity contribution < 1.29 is 4.79 Å². The van der Waals surface area contributed by atoms with Gasteiger partial charge in [-0.15, -0.1) is 0 Å². The number of likely N-dealkylation sites (N-methyl/N-ethyl adjacent to an activating group) is 1. The van der Waals surface area contributed by atoms with Crippen LogP contribution in [0.4, 0.5) is 0 Å². The predicted molar refractivity (Wildman–Crippen MR) is 81.4 cm³/mol. The second kappa shape index (κ2) is 5.63. The van der Waals surface area contributed by atoms with Crippen LogP contribution in [0, 0.1) is 0 Å². The lowest BCUT2D eigenvalue weighted by Gasteiger charge is -2.18. The maximum absolute atomic E-state index is 12.1. The molecular weight excluding hydrogens is 248 g/mol. The molecule has 1 aliphatic rings. The second-order valence-corrected chi connectivity index (χ2v) is 5.54. The maximum Gasteiger partial charge on any atom is 0.236 e. The molecule has 0 saturated heterocycles. The quantitative estimate of drug-likeness (QED) is 0.904. The third-order valence-corrected chi connectivity index (χ3v) is 3.83. The first-order chi connectivity index (χ1) is 9.74. The van der Waals surface area contributed by atoms with Crippen molar-refractivity contribution in [2.45, 2.75) is 25.4 Å². The van der Waals surface area contributed by atoms with Crippen LogP contribution in [0.3, 0.4) is 0 Å². The monoisotopic (exact) mass is 268 g/mol. The van der Waals surface area contributed by atoms with Gasteiger partial charge in [-0.25, -0.2) is 0 Å². The number of hydrogen-bond acceptors (Lipinski definition) is 2. The lowest BCUT2D eigenvalue weighted by Crippen LogP contribution is -2.36. The van der Waals surface area contributed by atoms with E-state index in [0.29, 0.717) is 19.1 Å². The van der Waals surface area contributed by atoms with Gasteiger partial charge >= 0.3 is 0 Å². The zero-order chi connectivity index (χ0) is 13.9. The van der Waals surface area contributed by atoms with E-state index in [9.17, 15) is 4.79 Å². The number of carbonyl (C=O) groups excluding carboxylic acids is 1. The van der Waals surface area contributed by atoms with Gasteiger partial charge in [0.15, 0.2) is 0 Å². The summed E-state index contributed by atoms with van der Waals surface area (Å²) in [4.78, 5) is 13.9. The third-order valence-electron chi connectivity index (χ3n) is 3.83. The fraction of sp³-hybridized carbons (Fsp3) is 0.353. The zero-order valence-electron chi connectivity index (χ0n) is 11.8. The maximum atomic E-state index is 12.1. The molecule has 1 amide bonds. The number of fused-ring (bicyclic) bond motifs is 1. The minimum Gasteiger partial charge on any atom is -0.340 e. The SMILES string of the molecule is CN(Cc1cccc2ccccc12)C(=O)CNC1CC1. The number of hydrogen-bond donors (Lipinski definition) is 1. The predicted octanol–water partition coefficient (Wildman–Crippen LogP) is 2.55. The van der Waals surface area contributed by atoms with Gasteiger partial charge in [0.1, 0.15) is 0 Å². The summed E-state index contributed by atoms with van der Waals surface area (Å²) in [5.41, 5.74) is 1.20. The molecule has 1 aliphatic carbocycles. The standard InChI is InChI=1S/C17H20N2O/c1-19(17(20)11-18-15-9-10-15)12-14-7-4-6-13-5-2-3-8-16(13)14/h2-8,15,18H,9-12H2,1H3. The van der Waals surface area contributed by atoms with Crippen molar-refractivity contribution in [3.8, 4) is 0 Å². The fourth-order valence-corrected chi connectivity index (χ4v) is 2.43. The van der Waals surface area contributed by atoms with Crippen molar-refractivity contribution in [3.63, 3.8) is 0 Å². The average Bonchev–Trinajstić information content (AvgIpc) is 3.29. The molecule has 0 spiro atoms. The van der Waals surface area contributed by atoms with Gasteiger partial charge in [-0.1, -0.05) is 42.5 Å². The van der Waals surface area contributed by atoms with Gasteiger partial charge in [0.05, 0.1) is 6.54 Å². The van der Waals surface area contributed by atoms with Crippen LogP contribution in [0.15, 0.2) is 42.5 Å². The van der Waals surface area contributed by atoms with Crippen LogP contribution in [0.25, 0.3) is 10.8 Å². The largest absolute Gasteiger partial charge is 0.340 e. The Balaban J connectivity index is 1.69. The molecule has 1 saturated carbocycles. The minimum atomic E-state index is 0.157. The van der Waals surface area contributed by atoms with Crippen LogP contribution in [0.1, 0.15) is 18.4 Å². The summed E-state index contributed by atoms with van der Waals surface area (Å²) in [6.45, 7) is 1.11. The zero-order valence-corrected chi connectivity index (χ0v) is 11.8. The van der Waals surface area contributed by atoms with Gasteiger partial charge in [0, 0.05) is 19.6 Å². The molecule has 1 N–H and O–H groups in total. The van der Waals surface area contributed by atoms with E-state index in [4.69, 9.17) is 0 Å². The van der Waals surface area contributed by atoms with Crippen LogP contribution < -0.4 is 5.32 Å². The summed E-state index contributed by atoms with van der Waals surface area (Å²) in [6.07, 6.45) is 2.42. The minimum absolute atomic E-state index is 0.157. The molecular formula is C17H20N2O. The van der Waals surface area contributed by atoms with Crippen molar-refractivity contribution in [1.29, 1.82) is 0 Å². The highest BCUT2D eigenvalue weighted by atomic mass is 16.2. The van der Waals surface area contributed by atoms with Crippen LogP contribution in [0.5, 0.6) is 0 Å². The Morgan fingerprint density at radius 3 is 2.75 bits per heavy atom. The van der Waals surface area contributed by atoms with E-state index in [1.807, 2.05) is 19.2 Å². The summed E-state index contributed by atoms with van der Waals surface area (Å²) >= 11 is 0. The van der Waals surface area contributed by atoms with Gasteiger partial charge in [0.2, 0.25) is 5.91 Å². The van der Waals surface area contributed by atoms with E-state index >= 15 is 0 Å². The number of nitrogens with zero attached hydrogens (tertiary/aromatic N) is 1. The van der Waals surface area contributed by atoms with Crippen molar-refractivity contribution in [2.24, 2.45) is 0 Å². The van der Waals surface area contributed by atoms with E-state index in [1.54, 1.807) is 4.90 Å². The molecule has 3 nitrogen and oxygen atoms in total. The smallest absolute Gasteiger partial charge is 0.236 e. The van der Waals surface area contributed by atoms with Crippen LogP contribution in [-0.2, 0) is 11.3 Å². The number of benzene rings is 2. The number of rotatable bonds is 5.